The SMILES string of the molecule is COCCCOc1cc([C@H](C)N(C(=O)C2CCNC2)C2CC2)cc2occc12. The van der Waals surface area contributed by atoms with E-state index in [4.69, 9.17) is 13.9 Å². The zero-order valence-electron chi connectivity index (χ0n) is 16.8. The van der Waals surface area contributed by atoms with Crippen molar-refractivity contribution in [3.8, 4) is 5.75 Å². The van der Waals surface area contributed by atoms with Gasteiger partial charge in [-0.05, 0) is 56.5 Å². The van der Waals surface area contributed by atoms with Crippen LogP contribution in [-0.4, -0.2) is 50.3 Å². The Bertz CT molecular complexity index is 808. The molecule has 28 heavy (non-hydrogen) atoms. The summed E-state index contributed by atoms with van der Waals surface area (Å²) in [5.74, 6) is 1.19. The fourth-order valence-electron chi connectivity index (χ4n) is 4.08. The number of rotatable bonds is 9. The van der Waals surface area contributed by atoms with Gasteiger partial charge in [0.1, 0.15) is 11.3 Å². The molecule has 4 rings (SSSR count). The van der Waals surface area contributed by atoms with Gasteiger partial charge in [-0.1, -0.05) is 0 Å². The number of fused-ring (bicyclic) bond motifs is 1. The van der Waals surface area contributed by atoms with Gasteiger partial charge in [0.05, 0.1) is 30.2 Å². The van der Waals surface area contributed by atoms with Gasteiger partial charge in [0.25, 0.3) is 0 Å². The number of ether oxygens (including phenoxy) is 2. The Labute approximate surface area is 166 Å². The molecule has 1 amide bonds. The molecular formula is C22H30N2O4. The van der Waals surface area contributed by atoms with E-state index in [-0.39, 0.29) is 17.9 Å². The molecule has 6 heteroatoms. The lowest BCUT2D eigenvalue weighted by atomic mass is 10.0. The lowest BCUT2D eigenvalue weighted by molar-refractivity contribution is -0.137. The summed E-state index contributed by atoms with van der Waals surface area (Å²) in [6, 6.07) is 6.42. The van der Waals surface area contributed by atoms with Crippen LogP contribution in [0.3, 0.4) is 0 Å². The first-order valence-corrected chi connectivity index (χ1v) is 10.3. The molecule has 2 atom stereocenters. The van der Waals surface area contributed by atoms with Gasteiger partial charge in [-0.3, -0.25) is 4.79 Å². The van der Waals surface area contributed by atoms with Crippen molar-refractivity contribution in [2.24, 2.45) is 5.92 Å². The average Bonchev–Trinajstić information content (AvgIpc) is 3.19. The Morgan fingerprint density at radius 1 is 1.32 bits per heavy atom. The van der Waals surface area contributed by atoms with Gasteiger partial charge in [0.2, 0.25) is 5.91 Å². The van der Waals surface area contributed by atoms with Crippen molar-refractivity contribution in [2.75, 3.05) is 33.4 Å². The number of nitrogens with one attached hydrogen (secondary N) is 1. The van der Waals surface area contributed by atoms with Crippen LogP contribution in [0.2, 0.25) is 0 Å². The number of nitrogens with zero attached hydrogens (tertiary/aromatic N) is 1. The first-order chi connectivity index (χ1) is 13.7. The first kappa shape index (κ1) is 19.3. The number of carbonyl (C=O) groups is 1. The molecule has 1 aliphatic heterocycles. The summed E-state index contributed by atoms with van der Waals surface area (Å²) in [6.07, 6.45) is 5.64. The standard InChI is InChI=1S/C22H30N2O4/c1-15(24(18-4-5-18)22(25)16-6-8-23-14-16)17-12-20(27-10-3-9-26-2)19-7-11-28-21(19)13-17/h7,11-13,15-16,18,23H,3-6,8-10,14H2,1-2H3/t15-,16?/m0/s1. The van der Waals surface area contributed by atoms with Gasteiger partial charge in [0, 0.05) is 32.7 Å². The zero-order valence-corrected chi connectivity index (χ0v) is 16.8. The highest BCUT2D eigenvalue weighted by molar-refractivity contribution is 5.85. The van der Waals surface area contributed by atoms with Gasteiger partial charge in [-0.2, -0.15) is 0 Å². The molecule has 1 aromatic carbocycles. The van der Waals surface area contributed by atoms with Crippen LogP contribution in [0, 0.1) is 5.92 Å². The molecule has 2 fully saturated rings. The van der Waals surface area contributed by atoms with Gasteiger partial charge < -0.3 is 24.1 Å². The van der Waals surface area contributed by atoms with E-state index in [0.29, 0.717) is 19.3 Å². The second-order valence-corrected chi connectivity index (χ2v) is 7.89. The monoisotopic (exact) mass is 386 g/mol. The summed E-state index contributed by atoms with van der Waals surface area (Å²) in [6.45, 7) is 5.10. The molecule has 0 radical (unpaired) electrons. The molecule has 6 nitrogen and oxygen atoms in total. The van der Waals surface area contributed by atoms with Crippen LogP contribution in [0.5, 0.6) is 5.75 Å². The average molecular weight is 386 g/mol. The molecule has 1 saturated heterocycles. The van der Waals surface area contributed by atoms with Crippen molar-refractivity contribution in [2.45, 2.75) is 44.7 Å². The van der Waals surface area contributed by atoms with E-state index >= 15 is 0 Å². The molecular weight excluding hydrogens is 356 g/mol. The Balaban J connectivity index is 1.58. The number of benzene rings is 1. The summed E-state index contributed by atoms with van der Waals surface area (Å²) in [5.41, 5.74) is 1.87. The predicted octanol–water partition coefficient (Wildman–Crippen LogP) is 3.51. The minimum absolute atomic E-state index is 0.00331. The maximum atomic E-state index is 13.2. The van der Waals surface area contributed by atoms with Crippen molar-refractivity contribution >= 4 is 16.9 Å². The number of hydrogen-bond acceptors (Lipinski definition) is 5. The molecule has 0 spiro atoms. The Morgan fingerprint density at radius 3 is 2.89 bits per heavy atom. The van der Waals surface area contributed by atoms with Crippen LogP contribution in [0.1, 0.15) is 44.2 Å². The third kappa shape index (κ3) is 4.03. The summed E-state index contributed by atoms with van der Waals surface area (Å²) >= 11 is 0. The molecule has 0 bridgehead atoms. The molecule has 1 aliphatic carbocycles. The highest BCUT2D eigenvalue weighted by atomic mass is 16.5. The topological polar surface area (TPSA) is 63.9 Å². The van der Waals surface area contributed by atoms with Crippen molar-refractivity contribution in [3.63, 3.8) is 0 Å². The number of hydrogen-bond donors (Lipinski definition) is 1. The van der Waals surface area contributed by atoms with Crippen molar-refractivity contribution in [1.29, 1.82) is 0 Å². The van der Waals surface area contributed by atoms with E-state index in [1.807, 2.05) is 6.07 Å². The highest BCUT2D eigenvalue weighted by Crippen LogP contribution is 2.39. The molecule has 1 N–H and O–H groups in total. The lowest BCUT2D eigenvalue weighted by Crippen LogP contribution is -2.40. The molecule has 2 aromatic rings. The van der Waals surface area contributed by atoms with E-state index < -0.39 is 0 Å². The van der Waals surface area contributed by atoms with Crippen molar-refractivity contribution in [1.82, 2.24) is 10.2 Å². The molecule has 2 aliphatic rings. The van der Waals surface area contributed by atoms with Crippen molar-refractivity contribution < 1.29 is 18.7 Å². The van der Waals surface area contributed by atoms with Crippen LogP contribution in [0.15, 0.2) is 28.9 Å². The third-order valence-electron chi connectivity index (χ3n) is 5.81. The van der Waals surface area contributed by atoms with Gasteiger partial charge in [-0.15, -0.1) is 0 Å². The number of carbonyl (C=O) groups excluding carboxylic acids is 1. The quantitative estimate of drug-likeness (QED) is 0.668. The van der Waals surface area contributed by atoms with E-state index in [1.54, 1.807) is 13.4 Å². The largest absolute Gasteiger partial charge is 0.493 e. The van der Waals surface area contributed by atoms with E-state index in [9.17, 15) is 4.79 Å². The van der Waals surface area contributed by atoms with Crippen LogP contribution >= 0.6 is 0 Å². The normalized spacial score (nSPS) is 20.4. The van der Waals surface area contributed by atoms with Gasteiger partial charge in [-0.25, -0.2) is 0 Å². The zero-order chi connectivity index (χ0) is 19.5. The van der Waals surface area contributed by atoms with Crippen molar-refractivity contribution in [3.05, 3.63) is 30.0 Å². The van der Waals surface area contributed by atoms with Crippen LogP contribution in [-0.2, 0) is 9.53 Å². The molecule has 152 valence electrons. The molecule has 1 unspecified atom stereocenters. The Kier molecular flexibility index (Phi) is 5.87. The minimum Gasteiger partial charge on any atom is -0.493 e. The molecule has 1 saturated carbocycles. The maximum absolute atomic E-state index is 13.2. The molecule has 1 aromatic heterocycles. The predicted molar refractivity (Wildman–Crippen MR) is 107 cm³/mol. The number of furan rings is 1. The van der Waals surface area contributed by atoms with Crippen LogP contribution in [0.4, 0.5) is 0 Å². The van der Waals surface area contributed by atoms with E-state index in [1.165, 1.54) is 0 Å². The second-order valence-electron chi connectivity index (χ2n) is 7.89. The fraction of sp³-hybridized carbons (Fsp3) is 0.591. The minimum atomic E-state index is -0.00331. The summed E-state index contributed by atoms with van der Waals surface area (Å²) in [4.78, 5) is 15.3. The van der Waals surface area contributed by atoms with Gasteiger partial charge >= 0.3 is 0 Å². The van der Waals surface area contributed by atoms with E-state index in [0.717, 1.165) is 61.1 Å². The second kappa shape index (κ2) is 8.53. The van der Waals surface area contributed by atoms with E-state index in [2.05, 4.69) is 29.3 Å². The Hall–Kier alpha value is -2.05. The van der Waals surface area contributed by atoms with Gasteiger partial charge in [0.15, 0.2) is 0 Å². The summed E-state index contributed by atoms with van der Waals surface area (Å²) < 4.78 is 16.8. The van der Waals surface area contributed by atoms with Crippen LogP contribution in [0.25, 0.3) is 11.0 Å². The summed E-state index contributed by atoms with van der Waals surface area (Å²) in [5, 5.41) is 4.29. The fourth-order valence-corrected chi connectivity index (χ4v) is 4.08. The first-order valence-electron chi connectivity index (χ1n) is 10.3. The summed E-state index contributed by atoms with van der Waals surface area (Å²) in [7, 11) is 1.69. The Morgan fingerprint density at radius 2 is 2.18 bits per heavy atom. The number of amides is 1. The smallest absolute Gasteiger partial charge is 0.227 e. The highest BCUT2D eigenvalue weighted by Gasteiger charge is 2.39. The third-order valence-corrected chi connectivity index (χ3v) is 5.81. The maximum Gasteiger partial charge on any atom is 0.227 e. The number of methoxy groups -OCH3 is 1. The lowest BCUT2D eigenvalue weighted by Gasteiger charge is -2.32. The molecule has 2 heterocycles. The van der Waals surface area contributed by atoms with Crippen LogP contribution < -0.4 is 10.1 Å².